The number of aryl methyl sites for hydroxylation is 1. The van der Waals surface area contributed by atoms with Crippen molar-refractivity contribution in [2.75, 3.05) is 6.26 Å². The van der Waals surface area contributed by atoms with Crippen molar-refractivity contribution < 1.29 is 0 Å². The second-order valence-electron chi connectivity index (χ2n) is 2.67. The predicted octanol–water partition coefficient (Wildman–Crippen LogP) is 1.99. The lowest BCUT2D eigenvalue weighted by molar-refractivity contribution is 0.670. The van der Waals surface area contributed by atoms with E-state index in [1.54, 1.807) is 11.8 Å². The Labute approximate surface area is 81.5 Å². The maximum absolute atomic E-state index is 5.83. The number of thioether (sulfide) groups is 1. The Hall–Kier alpha value is -0.220. The minimum absolute atomic E-state index is 0.480. The molecule has 1 aromatic rings. The van der Waals surface area contributed by atoms with Crippen LogP contribution in [0.25, 0.3) is 0 Å². The van der Waals surface area contributed by atoms with Gasteiger partial charge < -0.3 is 4.57 Å². The molecule has 0 aliphatic carbocycles. The zero-order valence-electron chi connectivity index (χ0n) is 7.41. The van der Waals surface area contributed by atoms with Gasteiger partial charge in [-0.25, -0.2) is 0 Å². The summed E-state index contributed by atoms with van der Waals surface area (Å²) in [4.78, 5) is 0. The van der Waals surface area contributed by atoms with Crippen molar-refractivity contribution in [3.63, 3.8) is 0 Å². The van der Waals surface area contributed by atoms with Gasteiger partial charge in [0.15, 0.2) is 0 Å². The van der Waals surface area contributed by atoms with E-state index in [4.69, 9.17) is 11.6 Å². The minimum atomic E-state index is 0.480. The van der Waals surface area contributed by atoms with E-state index in [0.717, 1.165) is 12.4 Å². The molecule has 0 aliphatic heterocycles. The standard InChI is InChI=1S/C7H12ClN3S/c1-5(12-3)4-11-6(2)9-10-7(11)8/h5H,4H2,1-3H3. The first-order chi connectivity index (χ1) is 5.65. The van der Waals surface area contributed by atoms with Crippen molar-refractivity contribution in [3.8, 4) is 0 Å². The number of rotatable bonds is 3. The Balaban J connectivity index is 2.73. The fourth-order valence-electron chi connectivity index (χ4n) is 0.894. The van der Waals surface area contributed by atoms with Gasteiger partial charge in [0.2, 0.25) is 5.28 Å². The molecular formula is C7H12ClN3S. The van der Waals surface area contributed by atoms with Crippen LogP contribution in [0.4, 0.5) is 0 Å². The summed E-state index contributed by atoms with van der Waals surface area (Å²) in [6, 6.07) is 0. The minimum Gasteiger partial charge on any atom is -0.301 e. The lowest BCUT2D eigenvalue weighted by Crippen LogP contribution is -2.10. The molecule has 3 nitrogen and oxygen atoms in total. The molecule has 0 bridgehead atoms. The molecule has 1 unspecified atom stereocenters. The third-order valence-corrected chi connectivity index (χ3v) is 2.97. The van der Waals surface area contributed by atoms with Crippen molar-refractivity contribution in [3.05, 3.63) is 11.1 Å². The van der Waals surface area contributed by atoms with Gasteiger partial charge in [0.25, 0.3) is 0 Å². The summed E-state index contributed by atoms with van der Waals surface area (Å²) in [6.45, 7) is 4.94. The number of aromatic nitrogens is 3. The van der Waals surface area contributed by atoms with Crippen molar-refractivity contribution in [2.45, 2.75) is 25.6 Å². The van der Waals surface area contributed by atoms with Gasteiger partial charge in [-0.15, -0.1) is 10.2 Å². The smallest absolute Gasteiger partial charge is 0.225 e. The van der Waals surface area contributed by atoms with E-state index in [1.807, 2.05) is 11.5 Å². The van der Waals surface area contributed by atoms with Crippen LogP contribution in [-0.4, -0.2) is 26.3 Å². The number of nitrogens with zero attached hydrogens (tertiary/aromatic N) is 3. The maximum atomic E-state index is 5.83. The van der Waals surface area contributed by atoms with E-state index in [1.165, 1.54) is 0 Å². The molecule has 0 amide bonds. The summed E-state index contributed by atoms with van der Waals surface area (Å²) < 4.78 is 1.92. The molecule has 0 aromatic carbocycles. The molecule has 0 radical (unpaired) electrons. The van der Waals surface area contributed by atoms with Crippen molar-refractivity contribution in [1.29, 1.82) is 0 Å². The van der Waals surface area contributed by atoms with Crippen LogP contribution in [0.15, 0.2) is 0 Å². The van der Waals surface area contributed by atoms with Crippen LogP contribution in [0.3, 0.4) is 0 Å². The molecule has 68 valence electrons. The molecule has 0 fully saturated rings. The largest absolute Gasteiger partial charge is 0.301 e. The third kappa shape index (κ3) is 2.14. The molecule has 1 rings (SSSR count). The predicted molar refractivity (Wildman–Crippen MR) is 52.7 cm³/mol. The molecule has 1 atom stereocenters. The Morgan fingerprint density at radius 3 is 2.67 bits per heavy atom. The second-order valence-corrected chi connectivity index (χ2v) is 4.29. The van der Waals surface area contributed by atoms with E-state index in [0.29, 0.717) is 10.5 Å². The van der Waals surface area contributed by atoms with Crippen LogP contribution in [0.5, 0.6) is 0 Å². The second kappa shape index (κ2) is 4.14. The topological polar surface area (TPSA) is 30.7 Å². The molecule has 5 heteroatoms. The van der Waals surface area contributed by atoms with Gasteiger partial charge in [-0.05, 0) is 24.8 Å². The third-order valence-electron chi connectivity index (χ3n) is 1.73. The van der Waals surface area contributed by atoms with Crippen molar-refractivity contribution in [2.24, 2.45) is 0 Å². The van der Waals surface area contributed by atoms with Gasteiger partial charge in [0.05, 0.1) is 0 Å². The first-order valence-electron chi connectivity index (χ1n) is 3.73. The Morgan fingerprint density at radius 2 is 2.25 bits per heavy atom. The Morgan fingerprint density at radius 1 is 1.58 bits per heavy atom. The van der Waals surface area contributed by atoms with Crippen LogP contribution in [0.2, 0.25) is 5.28 Å². The Kier molecular flexibility index (Phi) is 3.40. The van der Waals surface area contributed by atoms with Crippen LogP contribution in [0.1, 0.15) is 12.7 Å². The van der Waals surface area contributed by atoms with Gasteiger partial charge in [-0.3, -0.25) is 0 Å². The summed E-state index contributed by atoms with van der Waals surface area (Å²) in [5.74, 6) is 0.876. The average molecular weight is 206 g/mol. The molecule has 0 spiro atoms. The molecule has 0 saturated heterocycles. The van der Waals surface area contributed by atoms with E-state index in [2.05, 4.69) is 23.4 Å². The average Bonchev–Trinajstić information content (AvgIpc) is 2.35. The van der Waals surface area contributed by atoms with Crippen molar-refractivity contribution in [1.82, 2.24) is 14.8 Å². The summed E-state index contributed by atoms with van der Waals surface area (Å²) in [5, 5.41) is 8.67. The van der Waals surface area contributed by atoms with Crippen LogP contribution in [0, 0.1) is 6.92 Å². The molecule has 1 aromatic heterocycles. The van der Waals surface area contributed by atoms with Gasteiger partial charge in [-0.1, -0.05) is 6.92 Å². The molecule has 0 aliphatic rings. The SMILES string of the molecule is CSC(C)Cn1c(C)nnc1Cl. The summed E-state index contributed by atoms with van der Waals surface area (Å²) >= 11 is 7.63. The summed E-state index contributed by atoms with van der Waals surface area (Å²) in [7, 11) is 0. The molecule has 0 saturated carbocycles. The molecule has 12 heavy (non-hydrogen) atoms. The first-order valence-corrected chi connectivity index (χ1v) is 5.40. The van der Waals surface area contributed by atoms with E-state index < -0.39 is 0 Å². The fraction of sp³-hybridized carbons (Fsp3) is 0.714. The highest BCUT2D eigenvalue weighted by molar-refractivity contribution is 7.99. The van der Waals surface area contributed by atoms with Gasteiger partial charge >= 0.3 is 0 Å². The summed E-state index contributed by atoms with van der Waals surface area (Å²) in [6.07, 6.45) is 2.08. The Bertz CT molecular complexity index is 242. The van der Waals surface area contributed by atoms with Gasteiger partial charge in [0.1, 0.15) is 5.82 Å². The van der Waals surface area contributed by atoms with Gasteiger partial charge in [-0.2, -0.15) is 11.8 Å². The molecule has 0 N–H and O–H groups in total. The highest BCUT2D eigenvalue weighted by Gasteiger charge is 2.08. The highest BCUT2D eigenvalue weighted by Crippen LogP contribution is 2.13. The normalized spacial score (nSPS) is 13.3. The fourth-order valence-corrected chi connectivity index (χ4v) is 1.42. The van der Waals surface area contributed by atoms with Crippen molar-refractivity contribution >= 4 is 23.4 Å². The number of hydrogen-bond donors (Lipinski definition) is 0. The summed E-state index contributed by atoms with van der Waals surface area (Å²) in [5.41, 5.74) is 0. The monoisotopic (exact) mass is 205 g/mol. The number of halogens is 1. The van der Waals surface area contributed by atoms with E-state index in [-0.39, 0.29) is 0 Å². The van der Waals surface area contributed by atoms with Crippen LogP contribution >= 0.6 is 23.4 Å². The number of hydrogen-bond acceptors (Lipinski definition) is 3. The molecule has 1 heterocycles. The van der Waals surface area contributed by atoms with Crippen LogP contribution < -0.4 is 0 Å². The highest BCUT2D eigenvalue weighted by atomic mass is 35.5. The van der Waals surface area contributed by atoms with E-state index >= 15 is 0 Å². The zero-order valence-corrected chi connectivity index (χ0v) is 8.98. The van der Waals surface area contributed by atoms with E-state index in [9.17, 15) is 0 Å². The first kappa shape index (κ1) is 9.86. The lowest BCUT2D eigenvalue weighted by Gasteiger charge is -2.09. The van der Waals surface area contributed by atoms with Crippen LogP contribution in [-0.2, 0) is 6.54 Å². The zero-order chi connectivity index (χ0) is 9.14. The lowest BCUT2D eigenvalue weighted by atomic mass is 10.4. The maximum Gasteiger partial charge on any atom is 0.225 e. The molecular weight excluding hydrogens is 194 g/mol. The van der Waals surface area contributed by atoms with Gasteiger partial charge in [0, 0.05) is 11.8 Å². The quantitative estimate of drug-likeness (QED) is 0.756.